The van der Waals surface area contributed by atoms with Crippen LogP contribution in [0.2, 0.25) is 0 Å². The van der Waals surface area contributed by atoms with Gasteiger partial charge in [0.25, 0.3) is 0 Å². The van der Waals surface area contributed by atoms with E-state index < -0.39 is 18.0 Å². The Hall–Kier alpha value is -1.30. The summed E-state index contributed by atoms with van der Waals surface area (Å²) in [6.07, 6.45) is -4.55. The van der Waals surface area contributed by atoms with Crippen LogP contribution in [0.1, 0.15) is 17.2 Å². The summed E-state index contributed by atoms with van der Waals surface area (Å²) >= 11 is 3.06. The molecule has 8 heteroatoms. The van der Waals surface area contributed by atoms with Crippen molar-refractivity contribution in [3.8, 4) is 11.8 Å². The van der Waals surface area contributed by atoms with Crippen LogP contribution in [0.15, 0.2) is 16.6 Å². The van der Waals surface area contributed by atoms with Crippen molar-refractivity contribution < 1.29 is 18.3 Å². The molecule has 1 saturated heterocycles. The van der Waals surface area contributed by atoms with Gasteiger partial charge in [-0.2, -0.15) is 18.4 Å². The topological polar surface area (TPSA) is 59.3 Å². The molecule has 21 heavy (non-hydrogen) atoms. The first-order chi connectivity index (χ1) is 9.86. The Morgan fingerprint density at radius 1 is 1.33 bits per heavy atom. The molecule has 0 aromatic heterocycles. The molecule has 0 saturated carbocycles. The average molecular weight is 364 g/mol. The fraction of sp³-hybridized carbons (Fsp3) is 0.462. The quantitative estimate of drug-likeness (QED) is 0.847. The van der Waals surface area contributed by atoms with E-state index in [1.807, 2.05) is 0 Å². The van der Waals surface area contributed by atoms with Crippen LogP contribution >= 0.6 is 15.9 Å². The summed E-state index contributed by atoms with van der Waals surface area (Å²) in [4.78, 5) is 1.26. The number of aromatic hydroxyl groups is 1. The Kier molecular flexibility index (Phi) is 4.76. The summed E-state index contributed by atoms with van der Waals surface area (Å²) in [5.41, 5.74) is -0.471. The smallest absolute Gasteiger partial charge is 0.408 e. The van der Waals surface area contributed by atoms with Crippen molar-refractivity contribution in [2.45, 2.75) is 12.2 Å². The lowest BCUT2D eigenvalue weighted by molar-refractivity contribution is -0.188. The van der Waals surface area contributed by atoms with Gasteiger partial charge >= 0.3 is 6.18 Å². The first-order valence-electron chi connectivity index (χ1n) is 6.29. The lowest BCUT2D eigenvalue weighted by atomic mass is 10.00. The molecule has 4 nitrogen and oxygen atoms in total. The highest BCUT2D eigenvalue weighted by molar-refractivity contribution is 9.10. The molecule has 0 aliphatic carbocycles. The molecule has 114 valence electrons. The van der Waals surface area contributed by atoms with Gasteiger partial charge in [-0.05, 0) is 12.1 Å². The van der Waals surface area contributed by atoms with Crippen molar-refractivity contribution in [2.75, 3.05) is 26.2 Å². The van der Waals surface area contributed by atoms with E-state index in [1.165, 1.54) is 17.0 Å². The molecule has 0 radical (unpaired) electrons. The number of hydrogen-bond acceptors (Lipinski definition) is 4. The molecule has 1 aliphatic rings. The van der Waals surface area contributed by atoms with Crippen molar-refractivity contribution in [3.63, 3.8) is 0 Å². The van der Waals surface area contributed by atoms with Crippen LogP contribution in [0, 0.1) is 11.3 Å². The Morgan fingerprint density at radius 2 is 1.95 bits per heavy atom. The van der Waals surface area contributed by atoms with Gasteiger partial charge in [0, 0.05) is 36.2 Å². The van der Waals surface area contributed by atoms with Crippen LogP contribution in [0.5, 0.6) is 5.75 Å². The number of phenolic OH excluding ortho intramolecular Hbond substituents is 1. The summed E-state index contributed by atoms with van der Waals surface area (Å²) in [5, 5.41) is 21.9. The molecule has 1 aromatic carbocycles. The van der Waals surface area contributed by atoms with Crippen molar-refractivity contribution in [2.24, 2.45) is 0 Å². The van der Waals surface area contributed by atoms with Gasteiger partial charge in [0.1, 0.15) is 17.9 Å². The van der Waals surface area contributed by atoms with Crippen LogP contribution in [-0.4, -0.2) is 42.4 Å². The maximum Gasteiger partial charge on any atom is 0.408 e. The zero-order valence-corrected chi connectivity index (χ0v) is 12.5. The highest BCUT2D eigenvalue weighted by Crippen LogP contribution is 2.45. The van der Waals surface area contributed by atoms with Crippen molar-refractivity contribution in [3.05, 3.63) is 27.7 Å². The lowest BCUT2D eigenvalue weighted by Crippen LogP contribution is -2.49. The number of nitrogens with zero attached hydrogens (tertiary/aromatic N) is 2. The number of piperazine rings is 1. The number of benzene rings is 1. The maximum atomic E-state index is 13.5. The number of rotatable bonds is 2. The molecule has 1 aromatic rings. The molecule has 0 spiro atoms. The van der Waals surface area contributed by atoms with Gasteiger partial charge in [0.15, 0.2) is 0 Å². The third-order valence-electron chi connectivity index (χ3n) is 3.38. The molecular formula is C13H13BrF3N3O. The van der Waals surface area contributed by atoms with E-state index in [1.54, 1.807) is 6.07 Å². The maximum absolute atomic E-state index is 13.5. The molecule has 1 aliphatic heterocycles. The van der Waals surface area contributed by atoms with E-state index in [-0.39, 0.29) is 28.7 Å². The van der Waals surface area contributed by atoms with Crippen molar-refractivity contribution in [1.82, 2.24) is 10.2 Å². The molecule has 0 unspecified atom stereocenters. The van der Waals surface area contributed by atoms with Crippen molar-refractivity contribution in [1.29, 1.82) is 5.26 Å². The van der Waals surface area contributed by atoms with Crippen LogP contribution in [0.4, 0.5) is 13.2 Å². The summed E-state index contributed by atoms with van der Waals surface area (Å²) in [7, 11) is 0. The van der Waals surface area contributed by atoms with Crippen molar-refractivity contribution >= 4 is 15.9 Å². The first-order valence-corrected chi connectivity index (χ1v) is 7.08. The van der Waals surface area contributed by atoms with E-state index >= 15 is 0 Å². The highest BCUT2D eigenvalue weighted by Gasteiger charge is 2.47. The monoisotopic (exact) mass is 363 g/mol. The fourth-order valence-corrected chi connectivity index (χ4v) is 2.96. The Bertz CT molecular complexity index is 565. The predicted octanol–water partition coefficient (Wildman–Crippen LogP) is 2.53. The molecule has 2 N–H and O–H groups in total. The van der Waals surface area contributed by atoms with Crippen LogP contribution < -0.4 is 5.32 Å². The van der Waals surface area contributed by atoms with E-state index in [0.29, 0.717) is 13.1 Å². The SMILES string of the molecule is N#Cc1ccc(Br)c([C@H](N2CCNCC2)C(F)(F)F)c1O. The van der Waals surface area contributed by atoms with Gasteiger partial charge in [-0.1, -0.05) is 15.9 Å². The predicted molar refractivity (Wildman–Crippen MR) is 73.8 cm³/mol. The third-order valence-corrected chi connectivity index (χ3v) is 4.08. The third kappa shape index (κ3) is 3.31. The average Bonchev–Trinajstić information content (AvgIpc) is 2.43. The standard InChI is InChI=1S/C13H13BrF3N3O/c14-9-2-1-8(7-18)11(21)10(9)12(13(15,16)17)20-5-3-19-4-6-20/h1-2,12,19,21H,3-6H2/t12-/m0/s1. The number of halogens is 4. The highest BCUT2D eigenvalue weighted by atomic mass is 79.9. The normalized spacial score (nSPS) is 18.2. The largest absolute Gasteiger partial charge is 0.506 e. The summed E-state index contributed by atoms with van der Waals surface area (Å²) in [6, 6.07) is 2.40. The number of hydrogen-bond donors (Lipinski definition) is 2. The van der Waals surface area contributed by atoms with E-state index in [4.69, 9.17) is 5.26 Å². The zero-order valence-electron chi connectivity index (χ0n) is 10.9. The molecule has 1 heterocycles. The van der Waals surface area contributed by atoms with Gasteiger partial charge in [-0.3, -0.25) is 4.90 Å². The number of nitriles is 1. The van der Waals surface area contributed by atoms with Crippen LogP contribution in [0.25, 0.3) is 0 Å². The number of phenols is 1. The van der Waals surface area contributed by atoms with Gasteiger partial charge < -0.3 is 10.4 Å². The molecular weight excluding hydrogens is 351 g/mol. The second kappa shape index (κ2) is 6.22. The molecule has 0 amide bonds. The fourth-order valence-electron chi connectivity index (χ4n) is 2.43. The van der Waals surface area contributed by atoms with E-state index in [2.05, 4.69) is 21.2 Å². The zero-order chi connectivity index (χ0) is 15.6. The van der Waals surface area contributed by atoms with Crippen LogP contribution in [0.3, 0.4) is 0 Å². The molecule has 1 fully saturated rings. The summed E-state index contributed by atoms with van der Waals surface area (Å²) in [5.74, 6) is -0.618. The van der Waals surface area contributed by atoms with Gasteiger partial charge in [0.05, 0.1) is 5.56 Å². The Balaban J connectivity index is 2.54. The van der Waals surface area contributed by atoms with E-state index in [9.17, 15) is 18.3 Å². The first kappa shape index (κ1) is 16.1. The Morgan fingerprint density at radius 3 is 2.48 bits per heavy atom. The second-order valence-electron chi connectivity index (χ2n) is 4.70. The molecule has 0 bridgehead atoms. The minimum Gasteiger partial charge on any atom is -0.506 e. The van der Waals surface area contributed by atoms with Gasteiger partial charge in [0.2, 0.25) is 0 Å². The minimum absolute atomic E-state index is 0.139. The van der Waals surface area contributed by atoms with Gasteiger partial charge in [-0.25, -0.2) is 0 Å². The number of nitrogens with one attached hydrogen (secondary N) is 1. The number of alkyl halides is 3. The molecule has 1 atom stereocenters. The summed E-state index contributed by atoms with van der Waals surface area (Å²) < 4.78 is 40.7. The Labute approximate surface area is 128 Å². The lowest BCUT2D eigenvalue weighted by Gasteiger charge is -2.36. The van der Waals surface area contributed by atoms with Crippen LogP contribution in [-0.2, 0) is 0 Å². The second-order valence-corrected chi connectivity index (χ2v) is 5.55. The molecule has 2 rings (SSSR count). The van der Waals surface area contributed by atoms with E-state index in [0.717, 1.165) is 0 Å². The summed E-state index contributed by atoms with van der Waals surface area (Å²) in [6.45, 7) is 1.32. The van der Waals surface area contributed by atoms with Gasteiger partial charge in [-0.15, -0.1) is 0 Å². The minimum atomic E-state index is -4.55.